The minimum absolute atomic E-state index is 0. The molecule has 1 aliphatic heterocycles. The minimum atomic E-state index is -0.00731. The average molecular weight is 249 g/mol. The Morgan fingerprint density at radius 1 is 1.73 bits per heavy atom. The lowest BCUT2D eigenvalue weighted by Crippen LogP contribution is -2.51. The number of amides is 1. The summed E-state index contributed by atoms with van der Waals surface area (Å²) in [5.74, 6) is -0.00731. The Balaban J connectivity index is 0.00000112. The van der Waals surface area contributed by atoms with Gasteiger partial charge in [0.15, 0.2) is 5.69 Å². The van der Waals surface area contributed by atoms with Crippen molar-refractivity contribution in [2.24, 2.45) is 0 Å². The van der Waals surface area contributed by atoms with Gasteiger partial charge < -0.3 is 10.2 Å². The van der Waals surface area contributed by atoms with Crippen LogP contribution in [-0.2, 0) is 0 Å². The molecule has 0 aromatic carbocycles. The molecule has 1 N–H and O–H groups in total. The summed E-state index contributed by atoms with van der Waals surface area (Å²) < 4.78 is 3.69. The lowest BCUT2D eigenvalue weighted by Gasteiger charge is -2.31. The summed E-state index contributed by atoms with van der Waals surface area (Å²) in [5.41, 5.74) is 0.462. The van der Waals surface area contributed by atoms with Crippen LogP contribution in [-0.4, -0.2) is 46.1 Å². The van der Waals surface area contributed by atoms with Crippen LogP contribution in [0.25, 0.3) is 0 Å². The van der Waals surface area contributed by atoms with Gasteiger partial charge in [-0.2, -0.15) is 0 Å². The maximum atomic E-state index is 11.8. The second-order valence-corrected chi connectivity index (χ2v) is 4.01. The Morgan fingerprint density at radius 2 is 2.53 bits per heavy atom. The monoisotopic (exact) mass is 248 g/mol. The van der Waals surface area contributed by atoms with Crippen LogP contribution in [0.3, 0.4) is 0 Å². The highest BCUT2D eigenvalue weighted by molar-refractivity contribution is 7.03. The first kappa shape index (κ1) is 12.4. The molecule has 0 bridgehead atoms. The number of rotatable bonds is 1. The van der Waals surface area contributed by atoms with E-state index in [1.54, 1.807) is 5.38 Å². The second kappa shape index (κ2) is 5.39. The molecular formula is C8H13ClN4OS. The summed E-state index contributed by atoms with van der Waals surface area (Å²) in [4.78, 5) is 13.6. The molecule has 1 aromatic heterocycles. The Labute approximate surface area is 98.4 Å². The molecule has 5 nitrogen and oxygen atoms in total. The average Bonchev–Trinajstić information content (AvgIpc) is 2.69. The number of aromatic nitrogens is 2. The van der Waals surface area contributed by atoms with Gasteiger partial charge in [0.1, 0.15) is 0 Å². The highest BCUT2D eigenvalue weighted by atomic mass is 35.5. The molecular weight excluding hydrogens is 236 g/mol. The quantitative estimate of drug-likeness (QED) is 0.782. The molecule has 1 aromatic rings. The molecule has 1 atom stereocenters. The molecule has 84 valence electrons. The van der Waals surface area contributed by atoms with Gasteiger partial charge in [-0.1, -0.05) is 4.49 Å². The second-order valence-electron chi connectivity index (χ2n) is 3.40. The van der Waals surface area contributed by atoms with E-state index in [1.165, 1.54) is 11.5 Å². The third-order valence-electron chi connectivity index (χ3n) is 2.24. The molecule has 0 saturated carbocycles. The van der Waals surface area contributed by atoms with E-state index in [1.807, 2.05) is 4.90 Å². The molecule has 1 aliphatic rings. The number of nitrogens with zero attached hydrogens (tertiary/aromatic N) is 3. The zero-order valence-electron chi connectivity index (χ0n) is 8.34. The summed E-state index contributed by atoms with van der Waals surface area (Å²) in [6, 6.07) is 0.360. The molecule has 2 heterocycles. The van der Waals surface area contributed by atoms with Gasteiger partial charge in [0.05, 0.1) is 0 Å². The van der Waals surface area contributed by atoms with Crippen molar-refractivity contribution in [2.75, 3.05) is 19.6 Å². The standard InChI is InChI=1S/C8H12N4OS.ClH/c1-6-4-12(3-2-9-6)8(13)7-5-14-11-10-7;/h5-6,9H,2-4H2,1H3;1H. The van der Waals surface area contributed by atoms with Crippen LogP contribution in [0.5, 0.6) is 0 Å². The van der Waals surface area contributed by atoms with Crippen molar-refractivity contribution < 1.29 is 4.79 Å². The molecule has 2 rings (SSSR count). The highest BCUT2D eigenvalue weighted by Crippen LogP contribution is 2.06. The fourth-order valence-corrected chi connectivity index (χ4v) is 1.97. The lowest BCUT2D eigenvalue weighted by atomic mass is 10.2. The zero-order valence-corrected chi connectivity index (χ0v) is 9.98. The van der Waals surface area contributed by atoms with E-state index in [-0.39, 0.29) is 18.3 Å². The van der Waals surface area contributed by atoms with Crippen LogP contribution in [0.1, 0.15) is 17.4 Å². The van der Waals surface area contributed by atoms with Crippen molar-refractivity contribution in [1.82, 2.24) is 19.8 Å². The molecule has 1 amide bonds. The van der Waals surface area contributed by atoms with Crippen molar-refractivity contribution in [3.63, 3.8) is 0 Å². The smallest absolute Gasteiger partial charge is 0.275 e. The molecule has 15 heavy (non-hydrogen) atoms. The largest absolute Gasteiger partial charge is 0.334 e. The lowest BCUT2D eigenvalue weighted by molar-refractivity contribution is 0.0703. The first-order chi connectivity index (χ1) is 6.77. The van der Waals surface area contributed by atoms with Crippen LogP contribution in [0.4, 0.5) is 0 Å². The number of halogens is 1. The maximum Gasteiger partial charge on any atom is 0.275 e. The minimum Gasteiger partial charge on any atom is -0.334 e. The normalized spacial score (nSPS) is 20.9. The number of carbonyl (C=O) groups is 1. The molecule has 1 unspecified atom stereocenters. The molecule has 0 spiro atoms. The van der Waals surface area contributed by atoms with Gasteiger partial charge in [-0.15, -0.1) is 17.5 Å². The molecule has 7 heteroatoms. The van der Waals surface area contributed by atoms with Gasteiger partial charge >= 0.3 is 0 Å². The van der Waals surface area contributed by atoms with E-state index in [0.717, 1.165) is 19.6 Å². The number of hydrogen-bond donors (Lipinski definition) is 1. The Kier molecular flexibility index (Phi) is 4.44. The predicted molar refractivity (Wildman–Crippen MR) is 60.5 cm³/mol. The van der Waals surface area contributed by atoms with Gasteiger partial charge in [-0.25, -0.2) is 0 Å². The molecule has 1 fully saturated rings. The van der Waals surface area contributed by atoms with Crippen molar-refractivity contribution in [3.05, 3.63) is 11.1 Å². The number of nitrogens with one attached hydrogen (secondary N) is 1. The fourth-order valence-electron chi connectivity index (χ4n) is 1.54. The van der Waals surface area contributed by atoms with E-state index in [4.69, 9.17) is 0 Å². The summed E-state index contributed by atoms with van der Waals surface area (Å²) in [6.07, 6.45) is 0. The Hall–Kier alpha value is -0.720. The van der Waals surface area contributed by atoms with E-state index in [9.17, 15) is 4.79 Å². The Morgan fingerprint density at radius 3 is 3.13 bits per heavy atom. The van der Waals surface area contributed by atoms with E-state index in [0.29, 0.717) is 11.7 Å². The number of carbonyl (C=O) groups excluding carboxylic acids is 1. The van der Waals surface area contributed by atoms with Gasteiger partial charge in [0, 0.05) is 31.1 Å². The van der Waals surface area contributed by atoms with Gasteiger partial charge in [-0.3, -0.25) is 4.79 Å². The van der Waals surface area contributed by atoms with Crippen LogP contribution in [0.2, 0.25) is 0 Å². The van der Waals surface area contributed by atoms with Crippen molar-refractivity contribution in [1.29, 1.82) is 0 Å². The Bertz CT molecular complexity index is 318. The number of piperazine rings is 1. The van der Waals surface area contributed by atoms with Gasteiger partial charge in [-0.05, 0) is 18.5 Å². The summed E-state index contributed by atoms with van der Waals surface area (Å²) >= 11 is 1.21. The van der Waals surface area contributed by atoms with Gasteiger partial charge in [0.2, 0.25) is 0 Å². The SMILES string of the molecule is CC1CN(C(=O)c2csnn2)CCN1.Cl. The molecule has 0 aliphatic carbocycles. The summed E-state index contributed by atoms with van der Waals surface area (Å²) in [7, 11) is 0. The van der Waals surface area contributed by atoms with E-state index < -0.39 is 0 Å². The van der Waals surface area contributed by atoms with Gasteiger partial charge in [0.25, 0.3) is 5.91 Å². The van der Waals surface area contributed by atoms with Crippen LogP contribution in [0.15, 0.2) is 5.38 Å². The van der Waals surface area contributed by atoms with Crippen LogP contribution < -0.4 is 5.32 Å². The molecule has 1 saturated heterocycles. The fraction of sp³-hybridized carbons (Fsp3) is 0.625. The van der Waals surface area contributed by atoms with Crippen molar-refractivity contribution >= 4 is 29.8 Å². The van der Waals surface area contributed by atoms with Crippen molar-refractivity contribution in [2.45, 2.75) is 13.0 Å². The van der Waals surface area contributed by atoms with Crippen LogP contribution in [0, 0.1) is 0 Å². The predicted octanol–water partition coefficient (Wildman–Crippen LogP) is 0.394. The van der Waals surface area contributed by atoms with E-state index >= 15 is 0 Å². The van der Waals surface area contributed by atoms with Crippen molar-refractivity contribution in [3.8, 4) is 0 Å². The number of hydrogen-bond acceptors (Lipinski definition) is 5. The topological polar surface area (TPSA) is 58.1 Å². The first-order valence-corrected chi connectivity index (χ1v) is 5.41. The van der Waals surface area contributed by atoms with E-state index in [2.05, 4.69) is 21.8 Å². The third kappa shape index (κ3) is 2.87. The summed E-state index contributed by atoms with van der Waals surface area (Å²) in [6.45, 7) is 4.42. The summed E-state index contributed by atoms with van der Waals surface area (Å²) in [5, 5.41) is 8.75. The van der Waals surface area contributed by atoms with Crippen LogP contribution >= 0.6 is 23.9 Å². The first-order valence-electron chi connectivity index (χ1n) is 4.57. The third-order valence-corrected chi connectivity index (χ3v) is 2.74. The highest BCUT2D eigenvalue weighted by Gasteiger charge is 2.22. The zero-order chi connectivity index (χ0) is 9.97. The molecule has 0 radical (unpaired) electrons. The maximum absolute atomic E-state index is 11.8.